The lowest BCUT2D eigenvalue weighted by Crippen LogP contribution is -2.39. The Balaban J connectivity index is 2.69. The van der Waals surface area contributed by atoms with E-state index in [9.17, 15) is 27.9 Å². The number of nitrogens with two attached hydrogens (primary N) is 1. The second kappa shape index (κ2) is 6.92. The summed E-state index contributed by atoms with van der Waals surface area (Å²) < 4.78 is 39.2. The minimum absolute atomic E-state index is 0.138. The van der Waals surface area contributed by atoms with Crippen LogP contribution in [0.4, 0.5) is 13.2 Å². The molecule has 0 radical (unpaired) electrons. The summed E-state index contributed by atoms with van der Waals surface area (Å²) in [6.45, 7) is 2.46. The largest absolute Gasteiger partial charge is 0.421 e. The predicted octanol–water partition coefficient (Wildman–Crippen LogP) is 3.60. The highest BCUT2D eigenvalue weighted by atomic mass is 19.4. The summed E-state index contributed by atoms with van der Waals surface area (Å²) in [7, 11) is 0. The third-order valence-corrected chi connectivity index (χ3v) is 4.34. The van der Waals surface area contributed by atoms with Crippen LogP contribution in [0.25, 0.3) is 11.1 Å². The van der Waals surface area contributed by atoms with Gasteiger partial charge in [-0.1, -0.05) is 31.2 Å². The average molecular weight is 365 g/mol. The van der Waals surface area contributed by atoms with Crippen molar-refractivity contribution < 1.29 is 27.9 Å². The van der Waals surface area contributed by atoms with Crippen molar-refractivity contribution in [3.8, 4) is 11.1 Å². The molecule has 1 atom stereocenters. The summed E-state index contributed by atoms with van der Waals surface area (Å²) >= 11 is 0. The standard InChI is InChI=1S/C19H18F3NO3/c1-3-12-8-11(10-24)4-6-14(12)15-7-5-13(9-16(15)17(23)25)18(2,26)19(20,21)22/h4-10,26H,3H2,1-2H3,(H2,23,25). The Morgan fingerprint density at radius 1 is 1.15 bits per heavy atom. The summed E-state index contributed by atoms with van der Waals surface area (Å²) in [6.07, 6.45) is -3.69. The van der Waals surface area contributed by atoms with Crippen LogP contribution in [-0.4, -0.2) is 23.5 Å². The molecule has 0 bridgehead atoms. The number of carbonyl (C=O) groups excluding carboxylic acids is 2. The Morgan fingerprint density at radius 3 is 2.27 bits per heavy atom. The summed E-state index contributed by atoms with van der Waals surface area (Å²) in [4.78, 5) is 22.8. The summed E-state index contributed by atoms with van der Waals surface area (Å²) in [5.41, 5.74) is 3.74. The van der Waals surface area contributed by atoms with Gasteiger partial charge in [0, 0.05) is 11.1 Å². The molecule has 0 aliphatic rings. The van der Waals surface area contributed by atoms with Crippen molar-refractivity contribution in [1.29, 1.82) is 0 Å². The van der Waals surface area contributed by atoms with Gasteiger partial charge in [0.2, 0.25) is 5.91 Å². The molecule has 0 heterocycles. The number of aldehydes is 1. The Kier molecular flexibility index (Phi) is 5.23. The van der Waals surface area contributed by atoms with Gasteiger partial charge in [-0.15, -0.1) is 0 Å². The van der Waals surface area contributed by atoms with Crippen molar-refractivity contribution in [1.82, 2.24) is 0 Å². The Morgan fingerprint density at radius 2 is 1.77 bits per heavy atom. The van der Waals surface area contributed by atoms with Gasteiger partial charge in [0.15, 0.2) is 5.60 Å². The first kappa shape index (κ1) is 19.7. The molecule has 1 unspecified atom stereocenters. The molecule has 26 heavy (non-hydrogen) atoms. The third kappa shape index (κ3) is 3.48. The maximum atomic E-state index is 13.1. The van der Waals surface area contributed by atoms with Gasteiger partial charge in [-0.05, 0) is 47.7 Å². The highest BCUT2D eigenvalue weighted by Gasteiger charge is 2.51. The second-order valence-electron chi connectivity index (χ2n) is 6.08. The maximum Gasteiger partial charge on any atom is 0.421 e. The lowest BCUT2D eigenvalue weighted by Gasteiger charge is -2.27. The lowest BCUT2D eigenvalue weighted by molar-refractivity contribution is -0.258. The number of aryl methyl sites for hydroxylation is 1. The fraction of sp³-hybridized carbons (Fsp3) is 0.263. The van der Waals surface area contributed by atoms with Crippen LogP contribution in [0.15, 0.2) is 36.4 Å². The fourth-order valence-corrected chi connectivity index (χ4v) is 2.69. The predicted molar refractivity (Wildman–Crippen MR) is 90.8 cm³/mol. The molecule has 0 aliphatic carbocycles. The van der Waals surface area contributed by atoms with Crippen LogP contribution in [0, 0.1) is 0 Å². The Bertz CT molecular complexity index is 858. The molecule has 2 rings (SSSR count). The maximum absolute atomic E-state index is 13.1. The SMILES string of the molecule is CCc1cc(C=O)ccc1-c1ccc(C(C)(O)C(F)(F)F)cc1C(N)=O. The van der Waals surface area contributed by atoms with Crippen molar-refractivity contribution in [2.75, 3.05) is 0 Å². The van der Waals surface area contributed by atoms with E-state index in [-0.39, 0.29) is 5.56 Å². The van der Waals surface area contributed by atoms with Gasteiger partial charge in [0.25, 0.3) is 0 Å². The zero-order valence-electron chi connectivity index (χ0n) is 14.2. The molecule has 4 nitrogen and oxygen atoms in total. The smallest absolute Gasteiger partial charge is 0.376 e. The number of benzene rings is 2. The van der Waals surface area contributed by atoms with E-state index in [1.807, 2.05) is 6.92 Å². The molecule has 0 saturated heterocycles. The van der Waals surface area contributed by atoms with Crippen molar-refractivity contribution in [3.63, 3.8) is 0 Å². The highest BCUT2D eigenvalue weighted by Crippen LogP contribution is 2.40. The van der Waals surface area contributed by atoms with E-state index in [0.717, 1.165) is 17.7 Å². The quantitative estimate of drug-likeness (QED) is 0.795. The molecule has 0 saturated carbocycles. The zero-order valence-corrected chi connectivity index (χ0v) is 14.2. The fourth-order valence-electron chi connectivity index (χ4n) is 2.69. The van der Waals surface area contributed by atoms with Crippen LogP contribution >= 0.6 is 0 Å². The van der Waals surface area contributed by atoms with Crippen molar-refractivity contribution in [3.05, 3.63) is 58.7 Å². The zero-order chi connectivity index (χ0) is 19.7. The normalized spacial score (nSPS) is 13.9. The minimum Gasteiger partial charge on any atom is -0.376 e. The number of amides is 1. The lowest BCUT2D eigenvalue weighted by atomic mass is 9.87. The number of primary amides is 1. The van der Waals surface area contributed by atoms with E-state index in [1.54, 1.807) is 18.2 Å². The van der Waals surface area contributed by atoms with Gasteiger partial charge in [0.1, 0.15) is 6.29 Å². The number of alkyl halides is 3. The first-order valence-corrected chi connectivity index (χ1v) is 7.84. The van der Waals surface area contributed by atoms with Gasteiger partial charge in [-0.25, -0.2) is 0 Å². The molecule has 138 valence electrons. The van der Waals surface area contributed by atoms with Gasteiger partial charge >= 0.3 is 6.18 Å². The molecule has 0 spiro atoms. The Hall–Kier alpha value is -2.67. The minimum atomic E-state index is -4.91. The molecule has 2 aromatic carbocycles. The monoisotopic (exact) mass is 365 g/mol. The molecule has 1 amide bonds. The van der Waals surface area contributed by atoms with Crippen molar-refractivity contribution in [2.45, 2.75) is 32.0 Å². The van der Waals surface area contributed by atoms with Gasteiger partial charge in [-0.2, -0.15) is 13.2 Å². The van der Waals surface area contributed by atoms with E-state index in [2.05, 4.69) is 0 Å². The summed E-state index contributed by atoms with van der Waals surface area (Å²) in [5, 5.41) is 9.84. The van der Waals surface area contributed by atoms with Crippen LogP contribution in [0.2, 0.25) is 0 Å². The number of carbonyl (C=O) groups is 2. The summed E-state index contributed by atoms with van der Waals surface area (Å²) in [5.74, 6) is -0.915. The van der Waals surface area contributed by atoms with Crippen LogP contribution < -0.4 is 5.73 Å². The number of aliphatic hydroxyl groups is 1. The van der Waals surface area contributed by atoms with E-state index >= 15 is 0 Å². The number of hydrogen-bond acceptors (Lipinski definition) is 3. The molecule has 2 aromatic rings. The first-order chi connectivity index (χ1) is 12.0. The van der Waals surface area contributed by atoms with Crippen LogP contribution in [0.3, 0.4) is 0 Å². The van der Waals surface area contributed by atoms with Gasteiger partial charge in [0.05, 0.1) is 0 Å². The topological polar surface area (TPSA) is 80.4 Å². The first-order valence-electron chi connectivity index (χ1n) is 7.84. The van der Waals surface area contributed by atoms with E-state index < -0.39 is 23.2 Å². The van der Waals surface area contributed by atoms with E-state index in [1.165, 1.54) is 6.07 Å². The number of halogens is 3. The number of hydrogen-bond donors (Lipinski definition) is 2. The van der Waals surface area contributed by atoms with E-state index in [4.69, 9.17) is 5.73 Å². The molecule has 0 fully saturated rings. The van der Waals surface area contributed by atoms with Crippen LogP contribution in [0.5, 0.6) is 0 Å². The van der Waals surface area contributed by atoms with Crippen LogP contribution in [-0.2, 0) is 12.0 Å². The molecule has 0 aromatic heterocycles. The van der Waals surface area contributed by atoms with E-state index in [0.29, 0.717) is 36.3 Å². The molecule has 0 aliphatic heterocycles. The molecular formula is C19H18F3NO3. The molecular weight excluding hydrogens is 347 g/mol. The third-order valence-electron chi connectivity index (χ3n) is 4.34. The molecule has 3 N–H and O–H groups in total. The average Bonchev–Trinajstić information content (AvgIpc) is 2.59. The van der Waals surface area contributed by atoms with Crippen molar-refractivity contribution >= 4 is 12.2 Å². The highest BCUT2D eigenvalue weighted by molar-refractivity contribution is 6.00. The Labute approximate surface area is 148 Å². The van der Waals surface area contributed by atoms with Crippen LogP contribution in [0.1, 0.15) is 45.7 Å². The van der Waals surface area contributed by atoms with Crippen molar-refractivity contribution in [2.24, 2.45) is 5.73 Å². The second-order valence-corrected chi connectivity index (χ2v) is 6.08. The number of rotatable bonds is 5. The van der Waals surface area contributed by atoms with Gasteiger partial charge in [-0.3, -0.25) is 9.59 Å². The summed E-state index contributed by atoms with van der Waals surface area (Å²) in [6, 6.07) is 8.20. The molecule has 7 heteroatoms. The van der Waals surface area contributed by atoms with Gasteiger partial charge < -0.3 is 10.8 Å².